The molecule has 0 aliphatic rings. The Kier molecular flexibility index (Phi) is 4.93. The van der Waals surface area contributed by atoms with Gasteiger partial charge in [-0.2, -0.15) is 0 Å². The summed E-state index contributed by atoms with van der Waals surface area (Å²) < 4.78 is 19.4. The molecule has 0 unspecified atom stereocenters. The number of anilines is 1. The second-order valence-electron chi connectivity index (χ2n) is 5.92. The van der Waals surface area contributed by atoms with Crippen LogP contribution in [0, 0.1) is 12.7 Å². The second kappa shape index (κ2) is 7.53. The minimum Gasteiger partial charge on any atom is -0.360 e. The summed E-state index contributed by atoms with van der Waals surface area (Å²) in [6, 6.07) is 13.9. The van der Waals surface area contributed by atoms with E-state index in [1.807, 2.05) is 35.7 Å². The molecule has 0 fully saturated rings. The summed E-state index contributed by atoms with van der Waals surface area (Å²) in [4.78, 5) is 17.3. The molecule has 5 nitrogen and oxygen atoms in total. The Morgan fingerprint density at radius 3 is 2.71 bits per heavy atom. The summed E-state index contributed by atoms with van der Waals surface area (Å²) in [6.07, 6.45) is 0. The number of amides is 1. The Morgan fingerprint density at radius 1 is 1.18 bits per heavy atom. The van der Waals surface area contributed by atoms with Crippen LogP contribution in [0.5, 0.6) is 0 Å². The van der Waals surface area contributed by atoms with Crippen molar-refractivity contribution in [1.82, 2.24) is 10.1 Å². The minimum absolute atomic E-state index is 0.0234. The smallest absolute Gasteiger partial charge is 0.263 e. The van der Waals surface area contributed by atoms with Crippen LogP contribution in [0.2, 0.25) is 5.02 Å². The van der Waals surface area contributed by atoms with E-state index in [0.29, 0.717) is 5.13 Å². The first-order chi connectivity index (χ1) is 13.5. The van der Waals surface area contributed by atoms with E-state index >= 15 is 0 Å². The lowest BCUT2D eigenvalue weighted by molar-refractivity contribution is 0.102. The fourth-order valence-corrected chi connectivity index (χ4v) is 3.73. The Hall–Kier alpha value is -3.03. The highest BCUT2D eigenvalue weighted by Crippen LogP contribution is 2.34. The topological polar surface area (TPSA) is 68.0 Å². The van der Waals surface area contributed by atoms with E-state index in [1.54, 1.807) is 6.92 Å². The zero-order valence-corrected chi connectivity index (χ0v) is 16.1. The molecule has 2 aromatic carbocycles. The van der Waals surface area contributed by atoms with Crippen molar-refractivity contribution in [2.24, 2.45) is 0 Å². The van der Waals surface area contributed by atoms with E-state index in [4.69, 9.17) is 16.1 Å². The molecule has 0 atom stereocenters. The first-order valence-corrected chi connectivity index (χ1v) is 9.53. The van der Waals surface area contributed by atoms with Crippen molar-refractivity contribution < 1.29 is 13.7 Å². The molecule has 0 spiro atoms. The van der Waals surface area contributed by atoms with Crippen LogP contribution >= 0.6 is 22.9 Å². The SMILES string of the molecule is Cc1onc(-c2c(F)cccc2Cl)c1C(=O)Nc1nc(-c2ccccc2)cs1. The number of carbonyl (C=O) groups excluding carboxylic acids is 1. The zero-order valence-electron chi connectivity index (χ0n) is 14.6. The van der Waals surface area contributed by atoms with Gasteiger partial charge in [0.05, 0.1) is 16.3 Å². The van der Waals surface area contributed by atoms with Crippen molar-refractivity contribution in [3.05, 3.63) is 76.1 Å². The predicted molar refractivity (Wildman–Crippen MR) is 107 cm³/mol. The Bertz CT molecular complexity index is 1140. The molecule has 4 aromatic rings. The first kappa shape index (κ1) is 18.3. The number of halogens is 2. The molecule has 0 bridgehead atoms. The van der Waals surface area contributed by atoms with Gasteiger partial charge in [0.25, 0.3) is 5.91 Å². The highest BCUT2D eigenvalue weighted by atomic mass is 35.5. The number of nitrogens with one attached hydrogen (secondary N) is 1. The molecule has 0 aliphatic heterocycles. The predicted octanol–water partition coefficient (Wildman–Crippen LogP) is 5.82. The summed E-state index contributed by atoms with van der Waals surface area (Å²) in [7, 11) is 0. The van der Waals surface area contributed by atoms with Gasteiger partial charge in [-0.05, 0) is 19.1 Å². The van der Waals surface area contributed by atoms with Gasteiger partial charge in [-0.3, -0.25) is 10.1 Å². The highest BCUT2D eigenvalue weighted by molar-refractivity contribution is 7.14. The summed E-state index contributed by atoms with van der Waals surface area (Å²) in [5, 5.41) is 8.97. The molecule has 8 heteroatoms. The maximum atomic E-state index is 14.3. The summed E-state index contributed by atoms with van der Waals surface area (Å²) in [5.41, 5.74) is 1.89. The van der Waals surface area contributed by atoms with Crippen LogP contribution in [-0.2, 0) is 0 Å². The van der Waals surface area contributed by atoms with Crippen LogP contribution in [0.3, 0.4) is 0 Å². The highest BCUT2D eigenvalue weighted by Gasteiger charge is 2.26. The van der Waals surface area contributed by atoms with Crippen molar-refractivity contribution in [2.45, 2.75) is 6.92 Å². The van der Waals surface area contributed by atoms with Crippen molar-refractivity contribution in [3.8, 4) is 22.5 Å². The molecule has 0 saturated carbocycles. The van der Waals surface area contributed by atoms with Gasteiger partial charge in [0.2, 0.25) is 0 Å². The van der Waals surface area contributed by atoms with Gasteiger partial charge in [-0.15, -0.1) is 11.3 Å². The van der Waals surface area contributed by atoms with E-state index in [0.717, 1.165) is 11.3 Å². The molecule has 2 aromatic heterocycles. The van der Waals surface area contributed by atoms with E-state index in [2.05, 4.69) is 15.5 Å². The fraction of sp³-hybridized carbons (Fsp3) is 0.0500. The molecular formula is C20H13ClFN3O2S. The van der Waals surface area contributed by atoms with Gasteiger partial charge in [-0.25, -0.2) is 9.37 Å². The number of aromatic nitrogens is 2. The molecule has 0 radical (unpaired) electrons. The third-order valence-corrected chi connectivity index (χ3v) is 5.16. The van der Waals surface area contributed by atoms with Crippen molar-refractivity contribution in [3.63, 3.8) is 0 Å². The molecule has 1 amide bonds. The largest absolute Gasteiger partial charge is 0.360 e. The fourth-order valence-electron chi connectivity index (χ4n) is 2.77. The number of benzene rings is 2. The van der Waals surface area contributed by atoms with Crippen LogP contribution in [-0.4, -0.2) is 16.0 Å². The molecule has 4 rings (SSSR count). The molecule has 2 heterocycles. The number of nitrogens with zero attached hydrogens (tertiary/aromatic N) is 2. The lowest BCUT2D eigenvalue weighted by Crippen LogP contribution is -2.13. The lowest BCUT2D eigenvalue weighted by atomic mass is 10.1. The van der Waals surface area contributed by atoms with Gasteiger partial charge in [0, 0.05) is 10.9 Å². The van der Waals surface area contributed by atoms with Crippen molar-refractivity contribution >= 4 is 34.0 Å². The van der Waals surface area contributed by atoms with Gasteiger partial charge in [-0.1, -0.05) is 53.2 Å². The van der Waals surface area contributed by atoms with Crippen LogP contribution in [0.25, 0.3) is 22.5 Å². The van der Waals surface area contributed by atoms with E-state index < -0.39 is 11.7 Å². The maximum absolute atomic E-state index is 14.3. The summed E-state index contributed by atoms with van der Waals surface area (Å²) >= 11 is 7.41. The van der Waals surface area contributed by atoms with Crippen molar-refractivity contribution in [1.29, 1.82) is 0 Å². The van der Waals surface area contributed by atoms with Crippen LogP contribution < -0.4 is 5.32 Å². The number of rotatable bonds is 4. The lowest BCUT2D eigenvalue weighted by Gasteiger charge is -2.05. The van der Waals surface area contributed by atoms with Gasteiger partial charge >= 0.3 is 0 Å². The molecule has 1 N–H and O–H groups in total. The number of aryl methyl sites for hydroxylation is 1. The third kappa shape index (κ3) is 3.42. The van der Waals surface area contributed by atoms with Gasteiger partial charge in [0.15, 0.2) is 5.13 Å². The third-order valence-electron chi connectivity index (χ3n) is 4.08. The molecule has 140 valence electrons. The average Bonchev–Trinajstić information content (AvgIpc) is 3.29. The summed E-state index contributed by atoms with van der Waals surface area (Å²) in [5.74, 6) is -0.829. The molecule has 28 heavy (non-hydrogen) atoms. The van der Waals surface area contributed by atoms with Gasteiger partial charge in [0.1, 0.15) is 22.8 Å². The quantitative estimate of drug-likeness (QED) is 0.457. The Balaban J connectivity index is 1.65. The number of thiazole rings is 1. The van der Waals surface area contributed by atoms with Crippen molar-refractivity contribution in [2.75, 3.05) is 5.32 Å². The number of hydrogen-bond donors (Lipinski definition) is 1. The zero-order chi connectivity index (χ0) is 19.7. The van der Waals surface area contributed by atoms with Crippen LogP contribution in [0.4, 0.5) is 9.52 Å². The number of hydrogen-bond acceptors (Lipinski definition) is 5. The molecular weight excluding hydrogens is 401 g/mol. The Labute approximate surface area is 168 Å². The standard InChI is InChI=1S/C20H13ClFN3O2S/c1-11-16(18(25-27-11)17-13(21)8-5-9-14(17)22)19(26)24-20-23-15(10-28-20)12-6-3-2-4-7-12/h2-10H,1H3,(H,23,24,26). The number of carbonyl (C=O) groups is 1. The molecule has 0 aliphatic carbocycles. The molecule has 0 saturated heterocycles. The summed E-state index contributed by atoms with van der Waals surface area (Å²) in [6.45, 7) is 1.58. The first-order valence-electron chi connectivity index (χ1n) is 8.27. The van der Waals surface area contributed by atoms with E-state index in [1.165, 1.54) is 29.5 Å². The van der Waals surface area contributed by atoms with Gasteiger partial charge < -0.3 is 4.52 Å². The van der Waals surface area contributed by atoms with Crippen LogP contribution in [0.15, 0.2) is 58.4 Å². The monoisotopic (exact) mass is 413 g/mol. The Morgan fingerprint density at radius 2 is 1.96 bits per heavy atom. The normalized spacial score (nSPS) is 10.8. The van der Waals surface area contributed by atoms with E-state index in [9.17, 15) is 9.18 Å². The average molecular weight is 414 g/mol. The van der Waals surface area contributed by atoms with Crippen LogP contribution in [0.1, 0.15) is 16.1 Å². The second-order valence-corrected chi connectivity index (χ2v) is 7.18. The van der Waals surface area contributed by atoms with E-state index in [-0.39, 0.29) is 27.6 Å². The maximum Gasteiger partial charge on any atom is 0.263 e. The minimum atomic E-state index is -0.588.